The standard InChI is InChI=1S/C13H17ClN2O3/c1-9-13(18,6-7-19-9)8-15-12(17)16-11-5-3-2-4-10(11)14/h2-5,9,18H,6-8H2,1H3,(H2,15,16,17). The SMILES string of the molecule is CC1OCCC1(O)CNC(=O)Nc1ccccc1Cl. The van der Waals surface area contributed by atoms with Gasteiger partial charge in [0.25, 0.3) is 0 Å². The van der Waals surface area contributed by atoms with Crippen molar-refractivity contribution in [3.63, 3.8) is 0 Å². The van der Waals surface area contributed by atoms with Gasteiger partial charge in [-0.1, -0.05) is 23.7 Å². The Morgan fingerprint density at radius 1 is 1.58 bits per heavy atom. The number of urea groups is 1. The third-order valence-electron chi connectivity index (χ3n) is 3.34. The zero-order chi connectivity index (χ0) is 13.9. The lowest BCUT2D eigenvalue weighted by Crippen LogP contribution is -2.48. The Morgan fingerprint density at radius 2 is 2.32 bits per heavy atom. The van der Waals surface area contributed by atoms with Crippen LogP contribution >= 0.6 is 11.6 Å². The zero-order valence-electron chi connectivity index (χ0n) is 10.6. The van der Waals surface area contributed by atoms with Crippen molar-refractivity contribution in [3.05, 3.63) is 29.3 Å². The van der Waals surface area contributed by atoms with E-state index in [1.165, 1.54) is 0 Å². The summed E-state index contributed by atoms with van der Waals surface area (Å²) in [4.78, 5) is 11.7. The smallest absolute Gasteiger partial charge is 0.319 e. The first-order chi connectivity index (χ1) is 9.01. The predicted molar refractivity (Wildman–Crippen MR) is 73.5 cm³/mol. The Labute approximate surface area is 116 Å². The Morgan fingerprint density at radius 3 is 2.95 bits per heavy atom. The van der Waals surface area contributed by atoms with Gasteiger partial charge < -0.3 is 20.5 Å². The molecule has 3 N–H and O–H groups in total. The number of aliphatic hydroxyl groups is 1. The summed E-state index contributed by atoms with van der Waals surface area (Å²) >= 11 is 5.93. The van der Waals surface area contributed by atoms with Crippen LogP contribution in [0.25, 0.3) is 0 Å². The van der Waals surface area contributed by atoms with Crippen molar-refractivity contribution in [2.45, 2.75) is 25.0 Å². The lowest BCUT2D eigenvalue weighted by Gasteiger charge is -2.26. The van der Waals surface area contributed by atoms with Gasteiger partial charge in [0.1, 0.15) is 5.60 Å². The summed E-state index contributed by atoms with van der Waals surface area (Å²) in [6.45, 7) is 2.44. The summed E-state index contributed by atoms with van der Waals surface area (Å²) in [6, 6.07) is 6.56. The molecule has 0 bridgehead atoms. The van der Waals surface area contributed by atoms with E-state index in [0.29, 0.717) is 23.7 Å². The van der Waals surface area contributed by atoms with Gasteiger partial charge in [0.05, 0.1) is 23.4 Å². The predicted octanol–water partition coefficient (Wildman–Crippen LogP) is 2.00. The monoisotopic (exact) mass is 284 g/mol. The number of ether oxygens (including phenoxy) is 1. The Balaban J connectivity index is 1.87. The molecule has 0 spiro atoms. The normalized spacial score (nSPS) is 26.2. The van der Waals surface area contributed by atoms with E-state index in [1.807, 2.05) is 0 Å². The molecule has 0 aromatic heterocycles. The lowest BCUT2D eigenvalue weighted by molar-refractivity contribution is -0.0241. The van der Waals surface area contributed by atoms with Gasteiger partial charge in [0.2, 0.25) is 0 Å². The number of halogens is 1. The third kappa shape index (κ3) is 3.37. The van der Waals surface area contributed by atoms with Crippen molar-refractivity contribution in [1.29, 1.82) is 0 Å². The second-order valence-corrected chi connectivity index (χ2v) is 5.06. The molecule has 2 amide bonds. The van der Waals surface area contributed by atoms with Gasteiger partial charge >= 0.3 is 6.03 Å². The summed E-state index contributed by atoms with van der Waals surface area (Å²) in [5, 5.41) is 16.0. The molecule has 1 aromatic carbocycles. The van der Waals surface area contributed by atoms with E-state index in [9.17, 15) is 9.90 Å². The van der Waals surface area contributed by atoms with Crippen molar-refractivity contribution in [3.8, 4) is 0 Å². The number of carbonyl (C=O) groups is 1. The highest BCUT2D eigenvalue weighted by molar-refractivity contribution is 6.33. The zero-order valence-corrected chi connectivity index (χ0v) is 11.4. The minimum Gasteiger partial charge on any atom is -0.385 e. The molecule has 0 aliphatic carbocycles. The van der Waals surface area contributed by atoms with Gasteiger partial charge in [-0.05, 0) is 19.1 Å². The van der Waals surface area contributed by atoms with Crippen molar-refractivity contribution in [2.75, 3.05) is 18.5 Å². The maximum absolute atomic E-state index is 11.7. The maximum atomic E-state index is 11.7. The van der Waals surface area contributed by atoms with Gasteiger partial charge in [0.15, 0.2) is 0 Å². The molecule has 1 aliphatic heterocycles. The van der Waals surface area contributed by atoms with Crippen LogP contribution in [0.3, 0.4) is 0 Å². The molecule has 0 radical (unpaired) electrons. The first kappa shape index (κ1) is 14.1. The van der Waals surface area contributed by atoms with Gasteiger partial charge in [-0.2, -0.15) is 0 Å². The third-order valence-corrected chi connectivity index (χ3v) is 3.67. The van der Waals surface area contributed by atoms with Crippen molar-refractivity contribution >= 4 is 23.3 Å². The topological polar surface area (TPSA) is 70.6 Å². The van der Waals surface area contributed by atoms with Crippen molar-refractivity contribution in [1.82, 2.24) is 5.32 Å². The van der Waals surface area contributed by atoms with Gasteiger partial charge in [0, 0.05) is 13.0 Å². The Hall–Kier alpha value is -1.30. The molecule has 1 aromatic rings. The van der Waals surface area contributed by atoms with E-state index >= 15 is 0 Å². The van der Waals surface area contributed by atoms with E-state index in [-0.39, 0.29) is 12.6 Å². The van der Waals surface area contributed by atoms with Crippen LogP contribution in [0.5, 0.6) is 0 Å². The largest absolute Gasteiger partial charge is 0.385 e. The molecule has 0 saturated carbocycles. The van der Waals surface area contributed by atoms with Crippen LogP contribution < -0.4 is 10.6 Å². The van der Waals surface area contributed by atoms with Crippen LogP contribution in [0, 0.1) is 0 Å². The number of hydrogen-bond acceptors (Lipinski definition) is 3. The molecule has 104 valence electrons. The number of hydrogen-bond donors (Lipinski definition) is 3. The van der Waals surface area contributed by atoms with Crippen LogP contribution in [0.4, 0.5) is 10.5 Å². The molecule has 2 atom stereocenters. The highest BCUT2D eigenvalue weighted by Crippen LogP contribution is 2.25. The number of benzene rings is 1. The highest BCUT2D eigenvalue weighted by Gasteiger charge is 2.39. The van der Waals surface area contributed by atoms with E-state index in [0.717, 1.165) is 0 Å². The minimum atomic E-state index is -1.00. The first-order valence-electron chi connectivity index (χ1n) is 6.15. The molecule has 1 fully saturated rings. The first-order valence-corrected chi connectivity index (χ1v) is 6.52. The Kier molecular flexibility index (Phi) is 4.29. The fourth-order valence-electron chi connectivity index (χ4n) is 1.97. The van der Waals surface area contributed by atoms with E-state index < -0.39 is 11.6 Å². The van der Waals surface area contributed by atoms with Gasteiger partial charge in [-0.25, -0.2) is 4.79 Å². The number of anilines is 1. The number of nitrogens with one attached hydrogen (secondary N) is 2. The van der Waals surface area contributed by atoms with E-state index in [2.05, 4.69) is 10.6 Å². The van der Waals surface area contributed by atoms with Crippen LogP contribution in [0.1, 0.15) is 13.3 Å². The molecule has 1 heterocycles. The molecule has 1 aliphatic rings. The number of amides is 2. The van der Waals surface area contributed by atoms with Crippen LogP contribution in [0.2, 0.25) is 5.02 Å². The second kappa shape index (κ2) is 5.77. The van der Waals surface area contributed by atoms with Crippen molar-refractivity contribution in [2.24, 2.45) is 0 Å². The summed E-state index contributed by atoms with van der Waals surface area (Å²) in [7, 11) is 0. The van der Waals surface area contributed by atoms with Gasteiger partial charge in [-0.15, -0.1) is 0 Å². The minimum absolute atomic E-state index is 0.143. The van der Waals surface area contributed by atoms with E-state index in [4.69, 9.17) is 16.3 Å². The molecule has 5 nitrogen and oxygen atoms in total. The molecule has 6 heteroatoms. The molecule has 2 rings (SSSR count). The summed E-state index contributed by atoms with van der Waals surface area (Å²) in [5.74, 6) is 0. The molecular formula is C13H17ClN2O3. The quantitative estimate of drug-likeness (QED) is 0.795. The fourth-order valence-corrected chi connectivity index (χ4v) is 2.15. The van der Waals surface area contributed by atoms with Crippen LogP contribution in [-0.2, 0) is 4.74 Å². The molecule has 19 heavy (non-hydrogen) atoms. The van der Waals surface area contributed by atoms with Crippen LogP contribution in [0.15, 0.2) is 24.3 Å². The lowest BCUT2D eigenvalue weighted by atomic mass is 9.97. The summed E-state index contributed by atoms with van der Waals surface area (Å²) in [5.41, 5.74) is -0.470. The second-order valence-electron chi connectivity index (χ2n) is 4.65. The van der Waals surface area contributed by atoms with Gasteiger partial charge in [-0.3, -0.25) is 0 Å². The molecule has 2 unspecified atom stereocenters. The number of rotatable bonds is 3. The summed E-state index contributed by atoms with van der Waals surface area (Å²) in [6.07, 6.45) is 0.230. The maximum Gasteiger partial charge on any atom is 0.319 e. The van der Waals surface area contributed by atoms with Crippen molar-refractivity contribution < 1.29 is 14.6 Å². The number of para-hydroxylation sites is 1. The number of carbonyl (C=O) groups excluding carboxylic acids is 1. The molecular weight excluding hydrogens is 268 g/mol. The average Bonchev–Trinajstić information content (AvgIpc) is 2.71. The average molecular weight is 285 g/mol. The van der Waals surface area contributed by atoms with Crippen LogP contribution in [-0.4, -0.2) is 36.0 Å². The molecule has 1 saturated heterocycles. The fraction of sp³-hybridized carbons (Fsp3) is 0.462. The highest BCUT2D eigenvalue weighted by atomic mass is 35.5. The van der Waals surface area contributed by atoms with E-state index in [1.54, 1.807) is 31.2 Å². The Bertz CT molecular complexity index is 469. The summed E-state index contributed by atoms with van der Waals surface area (Å²) < 4.78 is 5.30.